The van der Waals surface area contributed by atoms with E-state index in [-0.39, 0.29) is 0 Å². The van der Waals surface area contributed by atoms with Gasteiger partial charge in [-0.15, -0.1) is 0 Å². The molecule has 26 heavy (non-hydrogen) atoms. The Balaban J connectivity index is 2.38. The Labute approximate surface area is 162 Å². The Bertz CT molecular complexity index is 453. The first-order valence-corrected chi connectivity index (χ1v) is 11.7. The summed E-state index contributed by atoms with van der Waals surface area (Å²) in [5.74, 6) is 1.28. The van der Waals surface area contributed by atoms with Crippen LogP contribution in [0.5, 0.6) is 5.75 Å². The molecule has 0 bridgehead atoms. The van der Waals surface area contributed by atoms with Crippen LogP contribution in [0.25, 0.3) is 0 Å². The second kappa shape index (κ2) is 15.4. The van der Waals surface area contributed by atoms with E-state index in [1.165, 1.54) is 56.9 Å². The smallest absolute Gasteiger partial charge is 0.394 e. The van der Waals surface area contributed by atoms with Crippen LogP contribution in [0, 0.1) is 5.92 Å². The van der Waals surface area contributed by atoms with Gasteiger partial charge in [0.15, 0.2) is 0 Å². The third-order valence-corrected chi connectivity index (χ3v) is 5.64. The second-order valence-electron chi connectivity index (χ2n) is 7.17. The van der Waals surface area contributed by atoms with Gasteiger partial charge in [-0.2, -0.15) is 0 Å². The van der Waals surface area contributed by atoms with Crippen LogP contribution in [0.1, 0.15) is 90.5 Å². The Hall–Kier alpha value is -0.630. The minimum atomic E-state index is -1.85. The molecule has 0 saturated carbocycles. The second-order valence-corrected chi connectivity index (χ2v) is 8.08. The Morgan fingerprint density at radius 3 is 2.35 bits per heavy atom. The summed E-state index contributed by atoms with van der Waals surface area (Å²) in [5.41, 5.74) is 1.17. The highest BCUT2D eigenvalue weighted by atomic mass is 31.2. The molecule has 150 valence electrons. The monoisotopic (exact) mass is 382 g/mol. The molecule has 0 radical (unpaired) electrons. The SMILES string of the molecule is CCCCCCCCc1ccccc1OP(O)OCC(CC)CCCC. The molecule has 2 atom stereocenters. The summed E-state index contributed by atoms with van der Waals surface area (Å²) >= 11 is 0. The first-order valence-electron chi connectivity index (χ1n) is 10.6. The predicted molar refractivity (Wildman–Crippen MR) is 113 cm³/mol. The number of para-hydroxylation sites is 1. The van der Waals surface area contributed by atoms with Crippen molar-refractivity contribution in [2.45, 2.75) is 91.4 Å². The van der Waals surface area contributed by atoms with E-state index >= 15 is 0 Å². The maximum Gasteiger partial charge on any atom is 0.394 e. The standard InChI is InChI=1S/C22H39O3P/c1-4-7-9-10-11-12-16-21-17-13-14-18-22(21)25-26(23)24-19-20(6-3)15-8-5-2/h13-14,17-18,20,23H,4-12,15-16,19H2,1-3H3. The maximum absolute atomic E-state index is 10.2. The van der Waals surface area contributed by atoms with Crippen molar-refractivity contribution in [1.29, 1.82) is 0 Å². The van der Waals surface area contributed by atoms with Crippen LogP contribution < -0.4 is 4.52 Å². The molecule has 4 heteroatoms. The molecular formula is C22H39O3P. The summed E-state index contributed by atoms with van der Waals surface area (Å²) in [6, 6.07) is 8.04. The molecule has 1 N–H and O–H groups in total. The van der Waals surface area contributed by atoms with Gasteiger partial charge >= 0.3 is 8.60 Å². The van der Waals surface area contributed by atoms with Gasteiger partial charge in [-0.3, -0.25) is 0 Å². The maximum atomic E-state index is 10.2. The van der Waals surface area contributed by atoms with Gasteiger partial charge in [0, 0.05) is 0 Å². The lowest BCUT2D eigenvalue weighted by Crippen LogP contribution is -2.08. The van der Waals surface area contributed by atoms with Crippen LogP contribution in [-0.4, -0.2) is 11.5 Å². The summed E-state index contributed by atoms with van der Waals surface area (Å²) in [6.45, 7) is 7.21. The molecule has 2 unspecified atom stereocenters. The minimum absolute atomic E-state index is 0.508. The molecule has 0 aliphatic rings. The predicted octanol–water partition coefficient (Wildman–Crippen LogP) is 7.42. The zero-order valence-corrected chi connectivity index (χ0v) is 18.0. The van der Waals surface area contributed by atoms with Crippen LogP contribution in [0.15, 0.2) is 24.3 Å². The van der Waals surface area contributed by atoms with Crippen molar-refractivity contribution >= 4 is 8.60 Å². The summed E-state index contributed by atoms with van der Waals surface area (Å²) in [6.07, 6.45) is 13.3. The van der Waals surface area contributed by atoms with Gasteiger partial charge in [0.05, 0.1) is 6.61 Å². The van der Waals surface area contributed by atoms with Crippen LogP contribution in [0.2, 0.25) is 0 Å². The molecular weight excluding hydrogens is 343 g/mol. The topological polar surface area (TPSA) is 38.7 Å². The molecule has 1 aromatic carbocycles. The molecule has 0 aliphatic heterocycles. The molecule has 0 aliphatic carbocycles. The average molecular weight is 383 g/mol. The fraction of sp³-hybridized carbons (Fsp3) is 0.727. The van der Waals surface area contributed by atoms with E-state index in [4.69, 9.17) is 9.05 Å². The van der Waals surface area contributed by atoms with Crippen molar-refractivity contribution in [2.75, 3.05) is 6.61 Å². The summed E-state index contributed by atoms with van der Waals surface area (Å²) < 4.78 is 11.4. The van der Waals surface area contributed by atoms with Crippen molar-refractivity contribution in [1.82, 2.24) is 0 Å². The molecule has 0 fully saturated rings. The molecule has 0 amide bonds. The molecule has 0 aromatic heterocycles. The third kappa shape index (κ3) is 10.5. The number of benzene rings is 1. The molecule has 0 spiro atoms. The van der Waals surface area contributed by atoms with Crippen LogP contribution in [-0.2, 0) is 10.9 Å². The van der Waals surface area contributed by atoms with E-state index in [2.05, 4.69) is 26.8 Å². The van der Waals surface area contributed by atoms with E-state index in [1.807, 2.05) is 18.2 Å². The molecule has 3 nitrogen and oxygen atoms in total. The Morgan fingerprint density at radius 2 is 1.62 bits per heavy atom. The number of unbranched alkanes of at least 4 members (excludes halogenated alkanes) is 6. The highest BCUT2D eigenvalue weighted by Crippen LogP contribution is 2.38. The van der Waals surface area contributed by atoms with Gasteiger partial charge in [0.1, 0.15) is 5.75 Å². The largest absolute Gasteiger partial charge is 0.427 e. The van der Waals surface area contributed by atoms with Gasteiger partial charge < -0.3 is 13.9 Å². The third-order valence-electron chi connectivity index (χ3n) is 4.91. The fourth-order valence-electron chi connectivity index (χ4n) is 3.07. The number of rotatable bonds is 16. The Kier molecular flexibility index (Phi) is 13.9. The van der Waals surface area contributed by atoms with Crippen molar-refractivity contribution in [3.63, 3.8) is 0 Å². The Morgan fingerprint density at radius 1 is 0.923 bits per heavy atom. The van der Waals surface area contributed by atoms with Gasteiger partial charge in [-0.1, -0.05) is 90.3 Å². The van der Waals surface area contributed by atoms with Crippen molar-refractivity contribution < 1.29 is 13.9 Å². The van der Waals surface area contributed by atoms with Gasteiger partial charge in [0.25, 0.3) is 0 Å². The molecule has 0 saturated heterocycles. The van der Waals surface area contributed by atoms with Crippen molar-refractivity contribution in [3.05, 3.63) is 29.8 Å². The van der Waals surface area contributed by atoms with Crippen molar-refractivity contribution in [2.24, 2.45) is 5.92 Å². The first-order chi connectivity index (χ1) is 12.7. The summed E-state index contributed by atoms with van der Waals surface area (Å²) in [4.78, 5) is 10.2. The van der Waals surface area contributed by atoms with Crippen molar-refractivity contribution in [3.8, 4) is 5.75 Å². The summed E-state index contributed by atoms with van der Waals surface area (Å²) in [7, 11) is -1.85. The van der Waals surface area contributed by atoms with E-state index in [0.29, 0.717) is 12.5 Å². The van der Waals surface area contributed by atoms with Crippen LogP contribution in [0.4, 0.5) is 0 Å². The summed E-state index contributed by atoms with van der Waals surface area (Å²) in [5, 5.41) is 0. The number of hydrogen-bond donors (Lipinski definition) is 1. The van der Waals surface area contributed by atoms with E-state index in [9.17, 15) is 4.89 Å². The quantitative estimate of drug-likeness (QED) is 0.239. The number of hydrogen-bond acceptors (Lipinski definition) is 3. The molecule has 0 heterocycles. The first kappa shape index (κ1) is 23.4. The average Bonchev–Trinajstić information content (AvgIpc) is 2.66. The zero-order valence-electron chi connectivity index (χ0n) is 17.1. The minimum Gasteiger partial charge on any atom is -0.427 e. The lowest BCUT2D eigenvalue weighted by molar-refractivity contribution is 0.204. The lowest BCUT2D eigenvalue weighted by Gasteiger charge is -2.18. The van der Waals surface area contributed by atoms with E-state index in [0.717, 1.165) is 25.0 Å². The molecule has 1 aromatic rings. The van der Waals surface area contributed by atoms with E-state index < -0.39 is 8.60 Å². The van der Waals surface area contributed by atoms with Crippen LogP contribution >= 0.6 is 8.60 Å². The highest BCUT2D eigenvalue weighted by Gasteiger charge is 2.15. The van der Waals surface area contributed by atoms with Gasteiger partial charge in [-0.25, -0.2) is 0 Å². The van der Waals surface area contributed by atoms with Gasteiger partial charge in [-0.05, 0) is 36.8 Å². The number of aryl methyl sites for hydroxylation is 1. The van der Waals surface area contributed by atoms with Gasteiger partial charge in [0.2, 0.25) is 0 Å². The highest BCUT2D eigenvalue weighted by molar-refractivity contribution is 7.41. The fourth-order valence-corrected chi connectivity index (χ4v) is 3.81. The zero-order chi connectivity index (χ0) is 19.0. The van der Waals surface area contributed by atoms with Crippen LogP contribution in [0.3, 0.4) is 0 Å². The molecule has 1 rings (SSSR count). The normalized spacial score (nSPS) is 13.5. The lowest BCUT2D eigenvalue weighted by atomic mass is 10.0. The van der Waals surface area contributed by atoms with E-state index in [1.54, 1.807) is 0 Å².